The van der Waals surface area contributed by atoms with E-state index in [1.165, 1.54) is 0 Å². The summed E-state index contributed by atoms with van der Waals surface area (Å²) in [5.41, 5.74) is 5.42. The number of nitrogens with one attached hydrogen (secondary N) is 3. The fourth-order valence-corrected chi connectivity index (χ4v) is 2.99. The molecule has 3 N–H and O–H groups in total. The number of piperidine rings is 1. The topological polar surface area (TPSA) is 99.3 Å². The molecule has 1 aliphatic heterocycles. The normalized spacial score (nSPS) is 18.3. The molecule has 8 heteroatoms. The predicted octanol–water partition coefficient (Wildman–Crippen LogP) is 1.73. The van der Waals surface area contributed by atoms with Gasteiger partial charge in [0.05, 0.1) is 30.1 Å². The maximum absolute atomic E-state index is 12.0. The summed E-state index contributed by atoms with van der Waals surface area (Å²) < 4.78 is 5.13. The summed E-state index contributed by atoms with van der Waals surface area (Å²) in [5, 5.41) is 5.53. The van der Waals surface area contributed by atoms with E-state index < -0.39 is 0 Å². The summed E-state index contributed by atoms with van der Waals surface area (Å²) >= 11 is 0. The third-order valence-corrected chi connectivity index (χ3v) is 4.11. The molecule has 0 aromatic carbocycles. The van der Waals surface area contributed by atoms with Crippen LogP contribution in [-0.2, 0) is 14.3 Å². The quantitative estimate of drug-likeness (QED) is 0.551. The highest BCUT2D eigenvalue weighted by Gasteiger charge is 2.27. The molecule has 3 rings (SSSR count). The third-order valence-electron chi connectivity index (χ3n) is 4.11. The van der Waals surface area contributed by atoms with E-state index in [9.17, 15) is 9.59 Å². The summed E-state index contributed by atoms with van der Waals surface area (Å²) in [5.74, 6) is -0.297. The fourth-order valence-electron chi connectivity index (χ4n) is 2.99. The standard InChI is InChI=1S/C16H21N5O3/c1-2-24-16(23)11-4-3-7-21(9-11)20-14-12-5-6-17-15(12)18-8-13(14)19-10-22/h5-6,8,10-11H,2-4,7,9H2,1H3,(H,19,22)(H2,17,18,20)/t11-/m0/s1. The minimum absolute atomic E-state index is 0.141. The van der Waals surface area contributed by atoms with Crippen LogP contribution < -0.4 is 10.7 Å². The van der Waals surface area contributed by atoms with Crippen LogP contribution in [-0.4, -0.2) is 47.1 Å². The Kier molecular flexibility index (Phi) is 4.95. The number of esters is 1. The van der Waals surface area contributed by atoms with Gasteiger partial charge in [0.2, 0.25) is 6.41 Å². The van der Waals surface area contributed by atoms with Crippen molar-refractivity contribution in [3.05, 3.63) is 18.5 Å². The van der Waals surface area contributed by atoms with Crippen molar-refractivity contribution in [1.29, 1.82) is 0 Å². The van der Waals surface area contributed by atoms with Gasteiger partial charge in [0.15, 0.2) is 0 Å². The van der Waals surface area contributed by atoms with Crippen molar-refractivity contribution >= 4 is 34.8 Å². The molecular formula is C16H21N5O3. The minimum atomic E-state index is -0.156. The van der Waals surface area contributed by atoms with Crippen LogP contribution in [0.15, 0.2) is 18.5 Å². The number of nitrogens with zero attached hydrogens (tertiary/aromatic N) is 2. The van der Waals surface area contributed by atoms with Gasteiger partial charge in [0.25, 0.3) is 0 Å². The zero-order valence-electron chi connectivity index (χ0n) is 13.5. The van der Waals surface area contributed by atoms with E-state index in [-0.39, 0.29) is 11.9 Å². The molecule has 0 unspecified atom stereocenters. The summed E-state index contributed by atoms with van der Waals surface area (Å²) in [6, 6.07) is 1.90. The molecule has 128 valence electrons. The Balaban J connectivity index is 1.80. The van der Waals surface area contributed by atoms with Gasteiger partial charge in [-0.1, -0.05) is 0 Å². The molecular weight excluding hydrogens is 310 g/mol. The molecule has 0 spiro atoms. The predicted molar refractivity (Wildman–Crippen MR) is 90.3 cm³/mol. The highest BCUT2D eigenvalue weighted by atomic mass is 16.5. The highest BCUT2D eigenvalue weighted by molar-refractivity contribution is 5.98. The molecule has 8 nitrogen and oxygen atoms in total. The Bertz CT molecular complexity index is 730. The molecule has 2 aromatic rings. The van der Waals surface area contributed by atoms with Gasteiger partial charge in [0.1, 0.15) is 5.65 Å². The van der Waals surface area contributed by atoms with Crippen molar-refractivity contribution in [2.45, 2.75) is 19.8 Å². The second-order valence-electron chi connectivity index (χ2n) is 5.70. The van der Waals surface area contributed by atoms with Gasteiger partial charge >= 0.3 is 5.97 Å². The summed E-state index contributed by atoms with van der Waals surface area (Å²) in [7, 11) is 0. The molecule has 1 aliphatic rings. The summed E-state index contributed by atoms with van der Waals surface area (Å²) in [4.78, 5) is 30.2. The van der Waals surface area contributed by atoms with Crippen LogP contribution in [0.1, 0.15) is 19.8 Å². The Hall–Kier alpha value is -2.61. The van der Waals surface area contributed by atoms with E-state index in [1.54, 1.807) is 12.4 Å². The molecule has 0 saturated carbocycles. The van der Waals surface area contributed by atoms with Crippen LogP contribution >= 0.6 is 0 Å². The van der Waals surface area contributed by atoms with Gasteiger partial charge < -0.3 is 20.5 Å². The number of carbonyl (C=O) groups excluding carboxylic acids is 2. The SMILES string of the molecule is CCOC(=O)[C@H]1CCCN(Nc2c(NC=O)cnc3[nH]ccc23)C1. The van der Waals surface area contributed by atoms with Crippen molar-refractivity contribution in [3.8, 4) is 0 Å². The molecule has 1 amide bonds. The van der Waals surface area contributed by atoms with Crippen LogP contribution in [0.3, 0.4) is 0 Å². The fraction of sp³-hybridized carbons (Fsp3) is 0.438. The average molecular weight is 331 g/mol. The largest absolute Gasteiger partial charge is 0.466 e. The minimum Gasteiger partial charge on any atom is -0.466 e. The monoisotopic (exact) mass is 331 g/mol. The number of H-pyrrole nitrogens is 1. The number of aromatic amines is 1. The van der Waals surface area contributed by atoms with E-state index in [4.69, 9.17) is 4.74 Å². The second kappa shape index (κ2) is 7.31. The second-order valence-corrected chi connectivity index (χ2v) is 5.70. The average Bonchev–Trinajstić information content (AvgIpc) is 3.06. The van der Waals surface area contributed by atoms with Crippen LogP contribution in [0.2, 0.25) is 0 Å². The Morgan fingerprint density at radius 2 is 2.46 bits per heavy atom. The maximum atomic E-state index is 12.0. The molecule has 1 saturated heterocycles. The van der Waals surface area contributed by atoms with Crippen LogP contribution in [0.5, 0.6) is 0 Å². The lowest BCUT2D eigenvalue weighted by Gasteiger charge is -2.32. The zero-order chi connectivity index (χ0) is 16.9. The number of anilines is 2. The lowest BCUT2D eigenvalue weighted by molar-refractivity contribution is -0.149. The van der Waals surface area contributed by atoms with Crippen LogP contribution in [0.4, 0.5) is 11.4 Å². The molecule has 0 bridgehead atoms. The first-order valence-electron chi connectivity index (χ1n) is 8.07. The van der Waals surface area contributed by atoms with Crippen LogP contribution in [0, 0.1) is 5.92 Å². The first kappa shape index (κ1) is 16.3. The zero-order valence-corrected chi connectivity index (χ0v) is 13.5. The number of ether oxygens (including phenoxy) is 1. The lowest BCUT2D eigenvalue weighted by atomic mass is 9.99. The highest BCUT2D eigenvalue weighted by Crippen LogP contribution is 2.30. The van der Waals surface area contributed by atoms with Gasteiger partial charge in [0, 0.05) is 24.7 Å². The smallest absolute Gasteiger partial charge is 0.310 e. The van der Waals surface area contributed by atoms with Crippen molar-refractivity contribution < 1.29 is 14.3 Å². The number of rotatable bonds is 6. The third kappa shape index (κ3) is 3.33. The van der Waals surface area contributed by atoms with E-state index in [0.717, 1.165) is 36.1 Å². The number of hydrogen-bond acceptors (Lipinski definition) is 6. The van der Waals surface area contributed by atoms with E-state index in [1.807, 2.05) is 18.0 Å². The Morgan fingerprint density at radius 1 is 1.58 bits per heavy atom. The van der Waals surface area contributed by atoms with Crippen molar-refractivity contribution in [2.24, 2.45) is 5.92 Å². The van der Waals surface area contributed by atoms with Crippen molar-refractivity contribution in [1.82, 2.24) is 15.0 Å². The van der Waals surface area contributed by atoms with Crippen molar-refractivity contribution in [3.63, 3.8) is 0 Å². The number of fused-ring (bicyclic) bond motifs is 1. The Morgan fingerprint density at radius 3 is 3.25 bits per heavy atom. The number of aromatic nitrogens is 2. The molecule has 0 radical (unpaired) electrons. The summed E-state index contributed by atoms with van der Waals surface area (Å²) in [6.45, 7) is 3.58. The molecule has 1 atom stereocenters. The maximum Gasteiger partial charge on any atom is 0.310 e. The van der Waals surface area contributed by atoms with Gasteiger partial charge in [-0.3, -0.25) is 9.59 Å². The first-order chi connectivity index (χ1) is 11.7. The lowest BCUT2D eigenvalue weighted by Crippen LogP contribution is -2.42. The Labute approximate surface area is 139 Å². The van der Waals surface area contributed by atoms with Gasteiger partial charge in [-0.25, -0.2) is 9.99 Å². The molecule has 24 heavy (non-hydrogen) atoms. The van der Waals surface area contributed by atoms with Crippen molar-refractivity contribution in [2.75, 3.05) is 30.4 Å². The molecule has 3 heterocycles. The number of amides is 1. The van der Waals surface area contributed by atoms with E-state index in [0.29, 0.717) is 25.2 Å². The van der Waals surface area contributed by atoms with E-state index in [2.05, 4.69) is 20.7 Å². The summed E-state index contributed by atoms with van der Waals surface area (Å²) in [6.07, 6.45) is 5.74. The van der Waals surface area contributed by atoms with Gasteiger partial charge in [-0.05, 0) is 25.8 Å². The number of carbonyl (C=O) groups is 2. The van der Waals surface area contributed by atoms with E-state index >= 15 is 0 Å². The number of pyridine rings is 1. The molecule has 2 aromatic heterocycles. The number of hydrazine groups is 1. The van der Waals surface area contributed by atoms with Gasteiger partial charge in [-0.15, -0.1) is 0 Å². The van der Waals surface area contributed by atoms with Crippen LogP contribution in [0.25, 0.3) is 11.0 Å². The first-order valence-corrected chi connectivity index (χ1v) is 8.07. The number of hydrogen-bond donors (Lipinski definition) is 3. The van der Waals surface area contributed by atoms with Gasteiger partial charge in [-0.2, -0.15) is 0 Å². The molecule has 1 fully saturated rings. The molecule has 0 aliphatic carbocycles.